The Morgan fingerprint density at radius 2 is 2.00 bits per heavy atom. The number of hydrogen-bond donors (Lipinski definition) is 1. The van der Waals surface area contributed by atoms with Gasteiger partial charge in [0.05, 0.1) is 0 Å². The molecule has 0 bridgehead atoms. The molecule has 1 fully saturated rings. The number of nitrogens with zero attached hydrogens (tertiary/aromatic N) is 2. The lowest BCUT2D eigenvalue weighted by Crippen LogP contribution is -2.45. The summed E-state index contributed by atoms with van der Waals surface area (Å²) in [6, 6.07) is 0.677. The van der Waals surface area contributed by atoms with Crippen LogP contribution in [0.1, 0.15) is 26.7 Å². The Morgan fingerprint density at radius 3 is 2.47 bits per heavy atom. The highest BCUT2D eigenvalue weighted by Gasteiger charge is 2.21. The van der Waals surface area contributed by atoms with Crippen LogP contribution in [0.5, 0.6) is 0 Å². The van der Waals surface area contributed by atoms with Crippen molar-refractivity contribution in [2.75, 3.05) is 33.4 Å². The van der Waals surface area contributed by atoms with Crippen LogP contribution >= 0.6 is 0 Å². The second-order valence-corrected chi connectivity index (χ2v) is 5.49. The van der Waals surface area contributed by atoms with Crippen LogP contribution in [-0.2, 0) is 0 Å². The number of likely N-dealkylation sites (tertiary alicyclic amines) is 1. The van der Waals surface area contributed by atoms with Crippen molar-refractivity contribution in [2.45, 2.75) is 32.7 Å². The third-order valence-electron chi connectivity index (χ3n) is 3.82. The fraction of sp³-hybridized carbons (Fsp3) is 0.625. The van der Waals surface area contributed by atoms with Crippen molar-refractivity contribution < 1.29 is 0 Å². The summed E-state index contributed by atoms with van der Waals surface area (Å²) < 4.78 is 0. The van der Waals surface area contributed by atoms with E-state index in [-0.39, 0.29) is 0 Å². The molecule has 0 aliphatic carbocycles. The van der Waals surface area contributed by atoms with Gasteiger partial charge in [-0.1, -0.05) is 30.4 Å². The smallest absolute Gasteiger partial charge is 0.0455 e. The summed E-state index contributed by atoms with van der Waals surface area (Å²) in [4.78, 5) is 4.79. The van der Waals surface area contributed by atoms with Crippen molar-refractivity contribution in [1.82, 2.24) is 9.80 Å². The Morgan fingerprint density at radius 1 is 1.37 bits per heavy atom. The van der Waals surface area contributed by atoms with Gasteiger partial charge in [0.1, 0.15) is 0 Å². The SMILES string of the molecule is C=C(C)/C=C\C(=C/C)CN(C)C1CCN(CN)CC1. The highest BCUT2D eigenvalue weighted by atomic mass is 15.2. The van der Waals surface area contributed by atoms with Gasteiger partial charge in [0.2, 0.25) is 0 Å². The second-order valence-electron chi connectivity index (χ2n) is 5.49. The predicted molar refractivity (Wildman–Crippen MR) is 84.0 cm³/mol. The van der Waals surface area contributed by atoms with E-state index in [0.717, 1.165) is 25.2 Å². The van der Waals surface area contributed by atoms with E-state index in [1.54, 1.807) is 0 Å². The van der Waals surface area contributed by atoms with Gasteiger partial charge in [-0.15, -0.1) is 0 Å². The Hall–Kier alpha value is -0.900. The van der Waals surface area contributed by atoms with Crippen LogP contribution < -0.4 is 5.73 Å². The summed E-state index contributed by atoms with van der Waals surface area (Å²) in [7, 11) is 2.22. The third-order valence-corrected chi connectivity index (χ3v) is 3.82. The van der Waals surface area contributed by atoms with Gasteiger partial charge in [-0.05, 0) is 39.3 Å². The van der Waals surface area contributed by atoms with Crippen molar-refractivity contribution in [3.63, 3.8) is 0 Å². The molecular formula is C16H29N3. The summed E-state index contributed by atoms with van der Waals surface area (Å²) in [5, 5.41) is 0. The molecule has 108 valence electrons. The molecule has 1 aliphatic rings. The molecular weight excluding hydrogens is 234 g/mol. The fourth-order valence-corrected chi connectivity index (χ4v) is 2.45. The molecule has 0 spiro atoms. The van der Waals surface area contributed by atoms with Crippen LogP contribution in [0.2, 0.25) is 0 Å². The first-order valence-corrected chi connectivity index (χ1v) is 7.18. The molecule has 0 saturated carbocycles. The topological polar surface area (TPSA) is 32.5 Å². The van der Waals surface area contributed by atoms with Crippen LogP contribution in [0.3, 0.4) is 0 Å². The van der Waals surface area contributed by atoms with Crippen molar-refractivity contribution in [1.29, 1.82) is 0 Å². The highest BCUT2D eigenvalue weighted by molar-refractivity contribution is 5.26. The number of piperidine rings is 1. The predicted octanol–water partition coefficient (Wildman–Crippen LogP) is 2.38. The molecule has 0 unspecified atom stereocenters. The van der Waals surface area contributed by atoms with E-state index in [4.69, 9.17) is 5.73 Å². The van der Waals surface area contributed by atoms with Crippen molar-refractivity contribution in [3.05, 3.63) is 36.0 Å². The maximum atomic E-state index is 5.68. The molecule has 1 heterocycles. The summed E-state index contributed by atoms with van der Waals surface area (Å²) >= 11 is 0. The first kappa shape index (κ1) is 16.2. The van der Waals surface area contributed by atoms with E-state index in [2.05, 4.69) is 48.6 Å². The minimum Gasteiger partial charge on any atom is -0.318 e. The van der Waals surface area contributed by atoms with Gasteiger partial charge < -0.3 is 5.73 Å². The zero-order chi connectivity index (χ0) is 14.3. The molecule has 0 amide bonds. The molecule has 1 aliphatic heterocycles. The van der Waals surface area contributed by atoms with Gasteiger partial charge in [-0.2, -0.15) is 0 Å². The lowest BCUT2D eigenvalue weighted by molar-refractivity contribution is 0.137. The second kappa shape index (κ2) is 8.31. The zero-order valence-corrected chi connectivity index (χ0v) is 12.7. The molecule has 0 atom stereocenters. The van der Waals surface area contributed by atoms with Crippen molar-refractivity contribution >= 4 is 0 Å². The lowest BCUT2D eigenvalue weighted by Gasteiger charge is -2.36. The van der Waals surface area contributed by atoms with Crippen LogP contribution in [0.25, 0.3) is 0 Å². The lowest BCUT2D eigenvalue weighted by atomic mass is 10.0. The average molecular weight is 263 g/mol. The molecule has 0 aromatic carbocycles. The number of rotatable bonds is 6. The molecule has 3 nitrogen and oxygen atoms in total. The summed E-state index contributed by atoms with van der Waals surface area (Å²) in [6.45, 7) is 12.0. The number of hydrogen-bond acceptors (Lipinski definition) is 3. The molecule has 0 aromatic rings. The zero-order valence-electron chi connectivity index (χ0n) is 12.7. The van der Waals surface area contributed by atoms with Gasteiger partial charge in [0, 0.05) is 32.3 Å². The van der Waals surface area contributed by atoms with Crippen molar-refractivity contribution in [3.8, 4) is 0 Å². The Labute approximate surface area is 118 Å². The third kappa shape index (κ3) is 5.72. The normalized spacial score (nSPS) is 19.5. The van der Waals surface area contributed by atoms with E-state index in [1.807, 2.05) is 6.92 Å². The molecule has 1 rings (SSSR count). The van der Waals surface area contributed by atoms with Gasteiger partial charge in [0.25, 0.3) is 0 Å². The molecule has 2 N–H and O–H groups in total. The molecule has 0 aromatic heterocycles. The summed E-state index contributed by atoms with van der Waals surface area (Å²) in [5.41, 5.74) is 8.13. The summed E-state index contributed by atoms with van der Waals surface area (Å²) in [5.74, 6) is 0. The quantitative estimate of drug-likeness (QED) is 0.747. The van der Waals surface area contributed by atoms with Crippen LogP contribution in [0.15, 0.2) is 36.0 Å². The molecule has 1 saturated heterocycles. The van der Waals surface area contributed by atoms with Gasteiger partial charge in [-0.3, -0.25) is 9.80 Å². The van der Waals surface area contributed by atoms with Crippen molar-refractivity contribution in [2.24, 2.45) is 5.73 Å². The minimum absolute atomic E-state index is 0.677. The number of nitrogens with two attached hydrogens (primary N) is 1. The van der Waals surface area contributed by atoms with E-state index in [9.17, 15) is 0 Å². The standard InChI is InChI=1S/C16H29N3/c1-5-15(7-6-14(2)3)12-18(4)16-8-10-19(13-17)11-9-16/h5-7,16H,2,8-13,17H2,1,3-4H3/b7-6-,15-5+. The molecule has 19 heavy (non-hydrogen) atoms. The average Bonchev–Trinajstić information content (AvgIpc) is 2.43. The Balaban J connectivity index is 2.45. The van der Waals surface area contributed by atoms with E-state index in [0.29, 0.717) is 12.7 Å². The minimum atomic E-state index is 0.677. The van der Waals surface area contributed by atoms with Gasteiger partial charge in [-0.25, -0.2) is 0 Å². The number of allylic oxidation sites excluding steroid dienone is 3. The maximum Gasteiger partial charge on any atom is 0.0455 e. The number of likely N-dealkylation sites (N-methyl/N-ethyl adjacent to an activating group) is 1. The van der Waals surface area contributed by atoms with E-state index < -0.39 is 0 Å². The van der Waals surface area contributed by atoms with Gasteiger partial charge in [0.15, 0.2) is 0 Å². The first-order valence-electron chi connectivity index (χ1n) is 7.18. The molecule has 0 radical (unpaired) electrons. The Kier molecular flexibility index (Phi) is 7.06. The van der Waals surface area contributed by atoms with Crippen LogP contribution in [0.4, 0.5) is 0 Å². The summed E-state index contributed by atoms with van der Waals surface area (Å²) in [6.07, 6.45) is 8.88. The fourth-order valence-electron chi connectivity index (χ4n) is 2.45. The van der Waals surface area contributed by atoms with E-state index >= 15 is 0 Å². The van der Waals surface area contributed by atoms with Gasteiger partial charge >= 0.3 is 0 Å². The van der Waals surface area contributed by atoms with Crippen LogP contribution in [0, 0.1) is 0 Å². The highest BCUT2D eigenvalue weighted by Crippen LogP contribution is 2.16. The first-order chi connectivity index (χ1) is 9.06. The maximum absolute atomic E-state index is 5.68. The Bertz CT molecular complexity index is 336. The largest absolute Gasteiger partial charge is 0.318 e. The van der Waals surface area contributed by atoms with Crippen LogP contribution in [-0.4, -0.2) is 49.2 Å². The van der Waals surface area contributed by atoms with E-state index in [1.165, 1.54) is 18.4 Å². The monoisotopic (exact) mass is 263 g/mol. The molecule has 3 heteroatoms.